The molecule has 2 aromatic rings. The smallest absolute Gasteiger partial charge is 0.352 e. The summed E-state index contributed by atoms with van der Waals surface area (Å²) >= 11 is 2.89. The molecule has 45 heavy (non-hydrogen) atoms. The van der Waals surface area contributed by atoms with Crippen LogP contribution in [0.1, 0.15) is 74.8 Å². The number of aryl methyl sites for hydroxylation is 1. The van der Waals surface area contributed by atoms with Crippen LogP contribution in [-0.4, -0.2) is 56.7 Å². The fourth-order valence-electron chi connectivity index (χ4n) is 6.51. The van der Waals surface area contributed by atoms with Gasteiger partial charge in [-0.15, -0.1) is 23.1 Å². The number of phenols is 1. The largest absolute Gasteiger partial charge is 0.507 e. The van der Waals surface area contributed by atoms with Gasteiger partial charge in [0, 0.05) is 27.7 Å². The van der Waals surface area contributed by atoms with Crippen LogP contribution < -0.4 is 10.1 Å². The highest BCUT2D eigenvalue weighted by molar-refractivity contribution is 8.00. The highest BCUT2D eigenvalue weighted by Crippen LogP contribution is 2.47. The van der Waals surface area contributed by atoms with Gasteiger partial charge >= 0.3 is 5.97 Å². The summed E-state index contributed by atoms with van der Waals surface area (Å²) in [6.45, 7) is 10.5. The van der Waals surface area contributed by atoms with Gasteiger partial charge in [0.05, 0.1) is 6.42 Å². The summed E-state index contributed by atoms with van der Waals surface area (Å²) < 4.78 is 6.43. The molecule has 3 aliphatic rings. The number of β-lactam (4-membered cyclic amide) rings is 1. The maximum Gasteiger partial charge on any atom is 0.352 e. The number of hydrogen-bond acceptors (Lipinski definition) is 7. The summed E-state index contributed by atoms with van der Waals surface area (Å²) in [6, 6.07) is 6.77. The Morgan fingerprint density at radius 2 is 2.04 bits per heavy atom. The Morgan fingerprint density at radius 3 is 2.73 bits per heavy atom. The molecule has 0 saturated carbocycles. The van der Waals surface area contributed by atoms with E-state index in [1.807, 2.05) is 36.6 Å². The lowest BCUT2D eigenvalue weighted by molar-refractivity contribution is -0.150. The monoisotopic (exact) mass is 650 g/mol. The summed E-state index contributed by atoms with van der Waals surface area (Å²) in [5, 5.41) is 25.8. The van der Waals surface area contributed by atoms with Crippen molar-refractivity contribution >= 4 is 40.9 Å². The molecule has 1 aromatic heterocycles. The first-order valence-corrected chi connectivity index (χ1v) is 17.5. The molecule has 0 unspecified atom stereocenters. The number of phenolic OH excluding ortho intramolecular Hbond substituents is 1. The van der Waals surface area contributed by atoms with Crippen molar-refractivity contribution in [3.8, 4) is 11.5 Å². The van der Waals surface area contributed by atoms with E-state index >= 15 is 0 Å². The van der Waals surface area contributed by atoms with Gasteiger partial charge in [-0.2, -0.15) is 0 Å². The van der Waals surface area contributed by atoms with Crippen LogP contribution in [0.2, 0.25) is 0 Å². The van der Waals surface area contributed by atoms with E-state index in [4.69, 9.17) is 4.74 Å². The molecule has 0 radical (unpaired) electrons. The van der Waals surface area contributed by atoms with Crippen molar-refractivity contribution in [1.29, 1.82) is 0 Å². The van der Waals surface area contributed by atoms with Crippen molar-refractivity contribution in [2.45, 2.75) is 83.1 Å². The van der Waals surface area contributed by atoms with Crippen LogP contribution in [0, 0.1) is 5.92 Å². The summed E-state index contributed by atoms with van der Waals surface area (Å²) in [4.78, 5) is 40.5. The number of carbonyl (C=O) groups excluding carboxylic acids is 2. The fraction of sp³-hybridized carbons (Fsp3) is 0.457. The molecule has 10 heteroatoms. The number of thiophene rings is 1. The SMILES string of the molecule is C=C(C)[C@@H]1CCC(C)=C[C@H]1c1c(O)cc(CCCCC)cc1OCC1=C(C(=O)O)N2C(=O)[C@@H](NC(=O)Cc3cccs3)[C@H]2SC1. The van der Waals surface area contributed by atoms with Crippen molar-refractivity contribution in [3.63, 3.8) is 0 Å². The second-order valence-corrected chi connectivity index (χ2v) is 14.4. The second kappa shape index (κ2) is 14.3. The first kappa shape index (κ1) is 32.9. The number of allylic oxidation sites excluding steroid dienone is 3. The van der Waals surface area contributed by atoms with Crippen LogP contribution in [0.5, 0.6) is 11.5 Å². The lowest BCUT2D eigenvalue weighted by Gasteiger charge is -2.49. The van der Waals surface area contributed by atoms with Crippen molar-refractivity contribution in [2.75, 3.05) is 12.4 Å². The Morgan fingerprint density at radius 1 is 1.24 bits per heavy atom. The number of aromatic hydroxyl groups is 1. The number of benzene rings is 1. The van der Waals surface area contributed by atoms with E-state index in [0.717, 1.165) is 54.5 Å². The number of unbranched alkanes of at least 4 members (excludes halogenated alkanes) is 2. The van der Waals surface area contributed by atoms with Gasteiger partial charge in [0.25, 0.3) is 5.91 Å². The molecule has 4 atom stereocenters. The van der Waals surface area contributed by atoms with E-state index < -0.39 is 23.3 Å². The lowest BCUT2D eigenvalue weighted by Crippen LogP contribution is -2.70. The standard InChI is InChI=1S/C35H42N2O6S2/c1-5-6-7-9-22-15-27(38)30(26-14-21(4)11-12-25(26)20(2)3)28(16-22)43-18-23-19-45-34-31(33(40)37(34)32(23)35(41)42)36-29(39)17-24-10-8-13-44-24/h8,10,13-16,25-26,31,34,38H,2,5-7,9,11-12,17-19H2,1,3-4H3,(H,36,39)(H,41,42)/t25-,26+,31+,34+/m0/s1. The molecule has 3 N–H and O–H groups in total. The molecule has 2 aliphatic heterocycles. The average Bonchev–Trinajstić information content (AvgIpc) is 3.51. The van der Waals surface area contributed by atoms with E-state index in [9.17, 15) is 24.6 Å². The van der Waals surface area contributed by atoms with Gasteiger partial charge in [0.2, 0.25) is 5.91 Å². The zero-order valence-electron chi connectivity index (χ0n) is 26.1. The molecule has 0 bridgehead atoms. The number of amides is 2. The molecule has 0 spiro atoms. The van der Waals surface area contributed by atoms with Gasteiger partial charge < -0.3 is 20.3 Å². The number of aliphatic carboxylic acids is 1. The molecule has 1 aliphatic carbocycles. The Hall–Kier alpha value is -3.50. The van der Waals surface area contributed by atoms with Gasteiger partial charge in [-0.1, -0.05) is 49.6 Å². The average molecular weight is 651 g/mol. The van der Waals surface area contributed by atoms with Crippen molar-refractivity contribution in [1.82, 2.24) is 10.2 Å². The zero-order chi connectivity index (χ0) is 32.2. The number of thioether (sulfide) groups is 1. The summed E-state index contributed by atoms with van der Waals surface area (Å²) in [5.74, 6) is -0.861. The predicted octanol–water partition coefficient (Wildman–Crippen LogP) is 6.56. The highest BCUT2D eigenvalue weighted by Gasteiger charge is 2.54. The minimum atomic E-state index is -1.21. The van der Waals surface area contributed by atoms with Crippen LogP contribution in [0.3, 0.4) is 0 Å². The first-order valence-electron chi connectivity index (χ1n) is 15.6. The molecule has 5 rings (SSSR count). The Kier molecular flexibility index (Phi) is 10.4. The maximum absolute atomic E-state index is 13.2. The number of carboxylic acid groups (broad SMARTS) is 1. The molecule has 240 valence electrons. The number of nitrogens with one attached hydrogen (secondary N) is 1. The number of carbonyl (C=O) groups is 3. The number of hydrogen-bond donors (Lipinski definition) is 3. The third kappa shape index (κ3) is 7.17. The predicted molar refractivity (Wildman–Crippen MR) is 179 cm³/mol. The van der Waals surface area contributed by atoms with Gasteiger partial charge in [-0.05, 0) is 74.6 Å². The van der Waals surface area contributed by atoms with Crippen LogP contribution in [0.15, 0.2) is 64.7 Å². The van der Waals surface area contributed by atoms with Crippen molar-refractivity contribution < 1.29 is 29.3 Å². The Bertz CT molecular complexity index is 1530. The van der Waals surface area contributed by atoms with E-state index in [0.29, 0.717) is 22.6 Å². The molecular weight excluding hydrogens is 609 g/mol. The van der Waals surface area contributed by atoms with Crippen molar-refractivity contribution in [2.24, 2.45) is 5.92 Å². The van der Waals surface area contributed by atoms with E-state index in [1.54, 1.807) is 0 Å². The molecule has 3 heterocycles. The number of nitrogens with zero attached hydrogens (tertiary/aromatic N) is 1. The lowest BCUT2D eigenvalue weighted by atomic mass is 9.73. The van der Waals surface area contributed by atoms with Gasteiger partial charge in [-0.25, -0.2) is 4.79 Å². The van der Waals surface area contributed by atoms with Gasteiger partial charge in [-0.3, -0.25) is 14.5 Å². The highest BCUT2D eigenvalue weighted by atomic mass is 32.2. The minimum absolute atomic E-state index is 0.0431. The van der Waals surface area contributed by atoms with E-state index in [-0.39, 0.29) is 42.2 Å². The fourth-order valence-corrected chi connectivity index (χ4v) is 8.54. The van der Waals surface area contributed by atoms with Crippen LogP contribution >= 0.6 is 23.1 Å². The number of carboxylic acids is 1. The summed E-state index contributed by atoms with van der Waals surface area (Å²) in [6.07, 6.45) is 8.20. The van der Waals surface area contributed by atoms with E-state index in [2.05, 4.69) is 31.8 Å². The van der Waals surface area contributed by atoms with E-state index in [1.165, 1.54) is 33.6 Å². The normalized spacial score (nSPS) is 22.8. The van der Waals surface area contributed by atoms with Gasteiger partial charge in [0.1, 0.15) is 35.2 Å². The van der Waals surface area contributed by atoms with Gasteiger partial charge in [0.15, 0.2) is 0 Å². The number of fused-ring (bicyclic) bond motifs is 1. The zero-order valence-corrected chi connectivity index (χ0v) is 27.8. The summed E-state index contributed by atoms with van der Waals surface area (Å²) in [5.41, 5.74) is 4.33. The number of rotatable bonds is 13. The molecule has 2 amide bonds. The topological polar surface area (TPSA) is 116 Å². The van der Waals surface area contributed by atoms with Crippen LogP contribution in [0.4, 0.5) is 0 Å². The third-order valence-electron chi connectivity index (χ3n) is 8.85. The molecular formula is C35H42N2O6S2. The molecule has 1 saturated heterocycles. The molecule has 1 fully saturated rings. The minimum Gasteiger partial charge on any atom is -0.507 e. The first-order chi connectivity index (χ1) is 21.6. The maximum atomic E-state index is 13.2. The quantitative estimate of drug-likeness (QED) is 0.128. The second-order valence-electron chi connectivity index (χ2n) is 12.3. The van der Waals surface area contributed by atoms with Crippen LogP contribution in [-0.2, 0) is 27.2 Å². The number of ether oxygens (including phenoxy) is 1. The van der Waals surface area contributed by atoms with Crippen molar-refractivity contribution in [3.05, 3.63) is 80.7 Å². The Labute approximate surface area is 273 Å². The van der Waals surface area contributed by atoms with Crippen LogP contribution in [0.25, 0.3) is 0 Å². The molecule has 8 nitrogen and oxygen atoms in total. The third-order valence-corrected chi connectivity index (χ3v) is 11.1. The molecule has 1 aromatic carbocycles. The Balaban J connectivity index is 1.40. The summed E-state index contributed by atoms with van der Waals surface area (Å²) in [7, 11) is 0.